The second-order valence-corrected chi connectivity index (χ2v) is 4.04. The third-order valence-corrected chi connectivity index (χ3v) is 2.85. The van der Waals surface area contributed by atoms with Crippen LogP contribution in [0, 0.1) is 5.41 Å². The van der Waals surface area contributed by atoms with E-state index in [1.165, 1.54) is 12.8 Å². The van der Waals surface area contributed by atoms with Crippen LogP contribution in [0.3, 0.4) is 0 Å². The second-order valence-electron chi connectivity index (χ2n) is 4.04. The van der Waals surface area contributed by atoms with Crippen molar-refractivity contribution >= 4 is 12.0 Å². The number of methoxy groups -OCH3 is 1. The van der Waals surface area contributed by atoms with E-state index in [1.807, 2.05) is 0 Å². The number of ether oxygens (including phenoxy) is 1. The quantitative estimate of drug-likeness (QED) is 0.728. The zero-order chi connectivity index (χ0) is 10.7. The Bertz CT molecular complexity index is 322. The third kappa shape index (κ3) is 2.59. The lowest BCUT2D eigenvalue weighted by molar-refractivity contribution is 0.174. The first-order valence-corrected chi connectivity index (χ1v) is 5.06. The molecule has 1 fully saturated rings. The van der Waals surface area contributed by atoms with Gasteiger partial charge in [-0.15, -0.1) is 0 Å². The van der Waals surface area contributed by atoms with E-state index in [0.717, 1.165) is 19.6 Å². The number of hydrogen-bond donors (Lipinski definition) is 2. The number of nitrogens with two attached hydrogens (primary N) is 1. The summed E-state index contributed by atoms with van der Waals surface area (Å²) < 4.78 is 10.1. The van der Waals surface area contributed by atoms with Gasteiger partial charge in [-0.1, -0.05) is 10.2 Å². The highest BCUT2D eigenvalue weighted by atomic mass is 16.5. The SMILES string of the molecule is COCCC1(CNc2nnc(N)o2)CC1. The second kappa shape index (κ2) is 4.06. The molecule has 0 aromatic carbocycles. The number of rotatable bonds is 6. The van der Waals surface area contributed by atoms with Gasteiger partial charge in [-0.05, 0) is 24.7 Å². The molecule has 6 nitrogen and oxygen atoms in total. The Kier molecular flexibility index (Phi) is 2.77. The largest absolute Gasteiger partial charge is 0.390 e. The summed E-state index contributed by atoms with van der Waals surface area (Å²) >= 11 is 0. The van der Waals surface area contributed by atoms with Crippen molar-refractivity contribution < 1.29 is 9.15 Å². The molecule has 0 unspecified atom stereocenters. The van der Waals surface area contributed by atoms with Crippen LogP contribution in [-0.2, 0) is 4.74 Å². The highest BCUT2D eigenvalue weighted by Gasteiger charge is 2.42. The van der Waals surface area contributed by atoms with Crippen molar-refractivity contribution in [3.63, 3.8) is 0 Å². The van der Waals surface area contributed by atoms with Crippen molar-refractivity contribution in [2.75, 3.05) is 31.3 Å². The minimum absolute atomic E-state index is 0.0965. The van der Waals surface area contributed by atoms with Crippen molar-refractivity contribution in [2.45, 2.75) is 19.3 Å². The van der Waals surface area contributed by atoms with Crippen molar-refractivity contribution in [1.29, 1.82) is 0 Å². The summed E-state index contributed by atoms with van der Waals surface area (Å²) in [4.78, 5) is 0. The van der Waals surface area contributed by atoms with Crippen molar-refractivity contribution in [3.05, 3.63) is 0 Å². The van der Waals surface area contributed by atoms with E-state index in [1.54, 1.807) is 7.11 Å². The Labute approximate surface area is 88.2 Å². The number of hydrogen-bond acceptors (Lipinski definition) is 6. The predicted molar refractivity (Wildman–Crippen MR) is 55.4 cm³/mol. The highest BCUT2D eigenvalue weighted by Crippen LogP contribution is 2.48. The molecule has 1 aromatic rings. The lowest BCUT2D eigenvalue weighted by atomic mass is 10.0. The van der Waals surface area contributed by atoms with Crippen molar-refractivity contribution in [3.8, 4) is 0 Å². The molecule has 2 rings (SSSR count). The van der Waals surface area contributed by atoms with E-state index in [9.17, 15) is 0 Å². The number of nitrogens with one attached hydrogen (secondary N) is 1. The van der Waals surface area contributed by atoms with Crippen LogP contribution in [0.5, 0.6) is 0 Å². The monoisotopic (exact) mass is 212 g/mol. The predicted octanol–water partition coefficient (Wildman–Crippen LogP) is 0.880. The highest BCUT2D eigenvalue weighted by molar-refractivity contribution is 5.23. The smallest absolute Gasteiger partial charge is 0.316 e. The van der Waals surface area contributed by atoms with Gasteiger partial charge in [0.15, 0.2) is 0 Å². The van der Waals surface area contributed by atoms with Gasteiger partial charge in [-0.25, -0.2) is 0 Å². The van der Waals surface area contributed by atoms with Crippen molar-refractivity contribution in [1.82, 2.24) is 10.2 Å². The molecule has 0 aliphatic heterocycles. The number of nitrogen functional groups attached to an aromatic ring is 1. The van der Waals surface area contributed by atoms with Crippen molar-refractivity contribution in [2.24, 2.45) is 5.41 Å². The molecule has 1 saturated carbocycles. The normalized spacial score (nSPS) is 17.7. The van der Waals surface area contributed by atoms with Gasteiger partial charge in [0.25, 0.3) is 0 Å². The molecular formula is C9H16N4O2. The molecular weight excluding hydrogens is 196 g/mol. The summed E-state index contributed by atoms with van der Waals surface area (Å²) in [6.45, 7) is 1.64. The van der Waals surface area contributed by atoms with Gasteiger partial charge in [-0.3, -0.25) is 0 Å². The Morgan fingerprint density at radius 1 is 1.53 bits per heavy atom. The number of aromatic nitrogens is 2. The van der Waals surface area contributed by atoms with E-state index >= 15 is 0 Å². The average molecular weight is 212 g/mol. The van der Waals surface area contributed by atoms with Crippen LogP contribution in [0.15, 0.2) is 4.42 Å². The molecule has 0 bridgehead atoms. The minimum atomic E-state index is 0.0965. The van der Waals surface area contributed by atoms with Crippen LogP contribution in [-0.4, -0.2) is 30.5 Å². The van der Waals surface area contributed by atoms with Crippen LogP contribution in [0.4, 0.5) is 12.0 Å². The van der Waals surface area contributed by atoms with Crippen LogP contribution < -0.4 is 11.1 Å². The van der Waals surface area contributed by atoms with E-state index in [-0.39, 0.29) is 6.01 Å². The Morgan fingerprint density at radius 2 is 2.33 bits per heavy atom. The first-order chi connectivity index (χ1) is 7.24. The average Bonchev–Trinajstić information content (AvgIpc) is 2.89. The standard InChI is InChI=1S/C9H16N4O2/c1-14-5-4-9(2-3-9)6-11-8-13-12-7(10)15-8/h2-6H2,1H3,(H2,10,12)(H,11,13). The zero-order valence-electron chi connectivity index (χ0n) is 8.82. The third-order valence-electron chi connectivity index (χ3n) is 2.85. The molecule has 15 heavy (non-hydrogen) atoms. The van der Waals surface area contributed by atoms with Gasteiger partial charge >= 0.3 is 12.0 Å². The van der Waals surface area contributed by atoms with E-state index in [0.29, 0.717) is 11.4 Å². The fourth-order valence-corrected chi connectivity index (χ4v) is 1.58. The topological polar surface area (TPSA) is 86.2 Å². The molecule has 1 aliphatic rings. The maximum Gasteiger partial charge on any atom is 0.316 e. The summed E-state index contributed by atoms with van der Waals surface area (Å²) in [5.74, 6) is 0. The molecule has 0 saturated heterocycles. The van der Waals surface area contributed by atoms with Crippen LogP contribution in [0.25, 0.3) is 0 Å². The zero-order valence-corrected chi connectivity index (χ0v) is 8.82. The molecule has 1 heterocycles. The van der Waals surface area contributed by atoms with Crippen LogP contribution in [0.2, 0.25) is 0 Å². The fraction of sp³-hybridized carbons (Fsp3) is 0.778. The van der Waals surface area contributed by atoms with Crippen LogP contribution in [0.1, 0.15) is 19.3 Å². The Balaban J connectivity index is 1.78. The van der Waals surface area contributed by atoms with Gasteiger partial charge in [0.05, 0.1) is 0 Å². The molecule has 0 amide bonds. The number of nitrogens with zero attached hydrogens (tertiary/aromatic N) is 2. The van der Waals surface area contributed by atoms with E-state index in [4.69, 9.17) is 14.9 Å². The summed E-state index contributed by atoms with van der Waals surface area (Å²) in [5.41, 5.74) is 5.67. The molecule has 0 spiro atoms. The van der Waals surface area contributed by atoms with Gasteiger partial charge in [0.2, 0.25) is 0 Å². The molecule has 0 radical (unpaired) electrons. The Morgan fingerprint density at radius 3 is 2.87 bits per heavy atom. The Hall–Kier alpha value is -1.30. The van der Waals surface area contributed by atoms with Crippen LogP contribution >= 0.6 is 0 Å². The lowest BCUT2D eigenvalue weighted by Crippen LogP contribution is -2.17. The van der Waals surface area contributed by atoms with Gasteiger partial charge in [0, 0.05) is 20.3 Å². The summed E-state index contributed by atoms with van der Waals surface area (Å²) in [7, 11) is 1.72. The molecule has 6 heteroatoms. The first kappa shape index (κ1) is 10.2. The molecule has 1 aliphatic carbocycles. The summed E-state index contributed by atoms with van der Waals surface area (Å²) in [6, 6.07) is 0.496. The fourth-order valence-electron chi connectivity index (χ4n) is 1.58. The molecule has 0 atom stereocenters. The minimum Gasteiger partial charge on any atom is -0.390 e. The molecule has 3 N–H and O–H groups in total. The lowest BCUT2D eigenvalue weighted by Gasteiger charge is -2.13. The van der Waals surface area contributed by atoms with Gasteiger partial charge in [-0.2, -0.15) is 0 Å². The summed E-state index contributed by atoms with van der Waals surface area (Å²) in [5, 5.41) is 10.4. The molecule has 1 aromatic heterocycles. The first-order valence-electron chi connectivity index (χ1n) is 5.06. The van der Waals surface area contributed by atoms with E-state index in [2.05, 4.69) is 15.5 Å². The van der Waals surface area contributed by atoms with Gasteiger partial charge < -0.3 is 20.2 Å². The summed E-state index contributed by atoms with van der Waals surface area (Å²) in [6.07, 6.45) is 3.53. The molecule has 84 valence electrons. The maximum absolute atomic E-state index is 5.31. The van der Waals surface area contributed by atoms with E-state index < -0.39 is 0 Å². The maximum atomic E-state index is 5.31. The number of anilines is 2. The van der Waals surface area contributed by atoms with Gasteiger partial charge in [0.1, 0.15) is 0 Å².